The van der Waals surface area contributed by atoms with Gasteiger partial charge in [-0.25, -0.2) is 0 Å². The number of anilines is 2. The van der Waals surface area contributed by atoms with E-state index in [2.05, 4.69) is 9.88 Å². The molecule has 2 heterocycles. The lowest BCUT2D eigenvalue weighted by atomic mass is 9.95. The van der Waals surface area contributed by atoms with Crippen molar-refractivity contribution >= 4 is 28.2 Å². The Morgan fingerprint density at radius 1 is 1.24 bits per heavy atom. The predicted molar refractivity (Wildman–Crippen MR) is 85.2 cm³/mol. The quantitative estimate of drug-likeness (QED) is 0.868. The number of hydrogen-bond donors (Lipinski definition) is 1. The number of carbonyl (C=O) groups excluding carboxylic acids is 1. The fourth-order valence-corrected chi connectivity index (χ4v) is 3.05. The number of likely N-dealkylation sites (N-methyl/N-ethyl adjacent to an activating group) is 1. The van der Waals surface area contributed by atoms with E-state index in [-0.39, 0.29) is 5.91 Å². The molecule has 0 saturated carbocycles. The van der Waals surface area contributed by atoms with Crippen LogP contribution in [-0.4, -0.2) is 41.5 Å². The zero-order chi connectivity index (χ0) is 15.2. The number of nitrogen functional groups attached to an aromatic ring is 1. The van der Waals surface area contributed by atoms with Crippen molar-refractivity contribution in [3.8, 4) is 0 Å². The standard InChI is InChI=1S/C16H20N4O/c1-16(2)15(21)19(3)8-9-20(16)14-11-6-4-5-7-13(11)18-10-12(14)17/h4-7,10H,8-9,17H2,1-3H3. The van der Waals surface area contributed by atoms with E-state index in [4.69, 9.17) is 5.73 Å². The molecule has 1 aromatic heterocycles. The van der Waals surface area contributed by atoms with Gasteiger partial charge in [0.1, 0.15) is 5.54 Å². The first kappa shape index (κ1) is 13.7. The van der Waals surface area contributed by atoms with Gasteiger partial charge in [0.15, 0.2) is 0 Å². The van der Waals surface area contributed by atoms with Crippen LogP contribution in [0.25, 0.3) is 10.9 Å². The lowest BCUT2D eigenvalue weighted by molar-refractivity contribution is -0.136. The molecule has 0 bridgehead atoms. The van der Waals surface area contributed by atoms with Gasteiger partial charge >= 0.3 is 0 Å². The third-order valence-corrected chi connectivity index (χ3v) is 4.25. The number of carbonyl (C=O) groups is 1. The average Bonchev–Trinajstić information content (AvgIpc) is 2.46. The lowest BCUT2D eigenvalue weighted by Crippen LogP contribution is -2.62. The maximum atomic E-state index is 12.5. The fraction of sp³-hybridized carbons (Fsp3) is 0.375. The van der Waals surface area contributed by atoms with E-state index in [0.29, 0.717) is 12.2 Å². The van der Waals surface area contributed by atoms with Gasteiger partial charge in [-0.15, -0.1) is 0 Å². The molecular formula is C16H20N4O. The lowest BCUT2D eigenvalue weighted by Gasteiger charge is -2.46. The number of amides is 1. The second kappa shape index (κ2) is 4.62. The highest BCUT2D eigenvalue weighted by molar-refractivity contribution is 6.01. The Labute approximate surface area is 124 Å². The van der Waals surface area contributed by atoms with Crippen LogP contribution in [0.3, 0.4) is 0 Å². The van der Waals surface area contributed by atoms with Crippen molar-refractivity contribution in [1.82, 2.24) is 9.88 Å². The largest absolute Gasteiger partial charge is 0.396 e. The minimum absolute atomic E-state index is 0.106. The first-order valence-electron chi connectivity index (χ1n) is 7.09. The molecule has 1 aliphatic heterocycles. The smallest absolute Gasteiger partial charge is 0.247 e. The number of piperazine rings is 1. The van der Waals surface area contributed by atoms with Crippen molar-refractivity contribution in [2.24, 2.45) is 0 Å². The zero-order valence-corrected chi connectivity index (χ0v) is 12.6. The van der Waals surface area contributed by atoms with Crippen LogP contribution < -0.4 is 10.6 Å². The molecule has 1 aromatic carbocycles. The van der Waals surface area contributed by atoms with Gasteiger partial charge in [-0.3, -0.25) is 9.78 Å². The van der Waals surface area contributed by atoms with Crippen LogP contribution in [0.15, 0.2) is 30.5 Å². The SMILES string of the molecule is CN1CCN(c2c(N)cnc3ccccc23)C(C)(C)C1=O. The van der Waals surface area contributed by atoms with E-state index >= 15 is 0 Å². The Bertz CT molecular complexity index is 710. The number of para-hydroxylation sites is 1. The van der Waals surface area contributed by atoms with E-state index in [9.17, 15) is 4.79 Å². The Morgan fingerprint density at radius 3 is 2.71 bits per heavy atom. The maximum absolute atomic E-state index is 12.5. The second-order valence-corrected chi connectivity index (χ2v) is 6.02. The first-order chi connectivity index (χ1) is 9.93. The molecule has 5 heteroatoms. The Balaban J connectivity index is 2.20. The van der Waals surface area contributed by atoms with E-state index < -0.39 is 5.54 Å². The van der Waals surface area contributed by atoms with Crippen molar-refractivity contribution in [1.29, 1.82) is 0 Å². The summed E-state index contributed by atoms with van der Waals surface area (Å²) in [5.41, 5.74) is 7.98. The van der Waals surface area contributed by atoms with Gasteiger partial charge in [0.05, 0.1) is 23.1 Å². The predicted octanol–water partition coefficient (Wildman–Crippen LogP) is 1.87. The summed E-state index contributed by atoms with van der Waals surface area (Å²) in [4.78, 5) is 20.8. The molecule has 0 radical (unpaired) electrons. The molecule has 0 spiro atoms. The molecule has 2 N–H and O–H groups in total. The summed E-state index contributed by atoms with van der Waals surface area (Å²) in [5.74, 6) is 0.106. The molecule has 1 aliphatic rings. The van der Waals surface area contributed by atoms with E-state index in [1.54, 1.807) is 11.1 Å². The van der Waals surface area contributed by atoms with Crippen molar-refractivity contribution in [2.45, 2.75) is 19.4 Å². The molecule has 2 aromatic rings. The summed E-state index contributed by atoms with van der Waals surface area (Å²) in [6.45, 7) is 5.34. The molecule has 5 nitrogen and oxygen atoms in total. The minimum atomic E-state index is -0.620. The summed E-state index contributed by atoms with van der Waals surface area (Å²) in [5, 5.41) is 0.989. The summed E-state index contributed by atoms with van der Waals surface area (Å²) in [6, 6.07) is 7.89. The van der Waals surface area contributed by atoms with Gasteiger partial charge in [-0.05, 0) is 19.9 Å². The van der Waals surface area contributed by atoms with Crippen molar-refractivity contribution in [2.75, 3.05) is 30.8 Å². The van der Waals surface area contributed by atoms with Crippen LogP contribution >= 0.6 is 0 Å². The molecular weight excluding hydrogens is 264 g/mol. The number of pyridine rings is 1. The first-order valence-corrected chi connectivity index (χ1v) is 7.09. The van der Waals surface area contributed by atoms with Crippen LogP contribution in [0.4, 0.5) is 11.4 Å². The highest BCUT2D eigenvalue weighted by atomic mass is 16.2. The van der Waals surface area contributed by atoms with E-state index in [1.165, 1.54) is 0 Å². The van der Waals surface area contributed by atoms with Crippen molar-refractivity contribution in [3.05, 3.63) is 30.5 Å². The Hall–Kier alpha value is -2.30. The van der Waals surface area contributed by atoms with Crippen LogP contribution in [0.1, 0.15) is 13.8 Å². The molecule has 0 unspecified atom stereocenters. The molecule has 3 rings (SSSR count). The molecule has 1 fully saturated rings. The highest BCUT2D eigenvalue weighted by Crippen LogP contribution is 2.37. The normalized spacial score (nSPS) is 18.3. The van der Waals surface area contributed by atoms with E-state index in [1.807, 2.05) is 45.2 Å². The van der Waals surface area contributed by atoms with Crippen molar-refractivity contribution < 1.29 is 4.79 Å². The number of aromatic nitrogens is 1. The van der Waals surface area contributed by atoms with Crippen molar-refractivity contribution in [3.63, 3.8) is 0 Å². The molecule has 21 heavy (non-hydrogen) atoms. The second-order valence-electron chi connectivity index (χ2n) is 6.02. The monoisotopic (exact) mass is 284 g/mol. The highest BCUT2D eigenvalue weighted by Gasteiger charge is 2.41. The van der Waals surface area contributed by atoms with Gasteiger partial charge in [-0.2, -0.15) is 0 Å². The molecule has 110 valence electrons. The summed E-state index contributed by atoms with van der Waals surface area (Å²) >= 11 is 0. The van der Waals surface area contributed by atoms with Gasteiger partial charge in [0.25, 0.3) is 0 Å². The number of hydrogen-bond acceptors (Lipinski definition) is 4. The molecule has 1 amide bonds. The number of nitrogens with two attached hydrogens (primary N) is 1. The minimum Gasteiger partial charge on any atom is -0.396 e. The molecule has 1 saturated heterocycles. The topological polar surface area (TPSA) is 62.5 Å². The summed E-state index contributed by atoms with van der Waals surface area (Å²) in [7, 11) is 1.84. The average molecular weight is 284 g/mol. The molecule has 0 aliphatic carbocycles. The van der Waals surface area contributed by atoms with Gasteiger partial charge in [-0.1, -0.05) is 18.2 Å². The Kier molecular flexibility index (Phi) is 3.01. The van der Waals surface area contributed by atoms with Crippen LogP contribution in [-0.2, 0) is 4.79 Å². The van der Waals surface area contributed by atoms with E-state index in [0.717, 1.165) is 23.1 Å². The van der Waals surface area contributed by atoms with Crippen LogP contribution in [0.2, 0.25) is 0 Å². The summed E-state index contributed by atoms with van der Waals surface area (Å²) in [6.07, 6.45) is 1.68. The number of rotatable bonds is 1. The third kappa shape index (κ3) is 2.00. The van der Waals surface area contributed by atoms with Crippen LogP contribution in [0.5, 0.6) is 0 Å². The summed E-state index contributed by atoms with van der Waals surface area (Å²) < 4.78 is 0. The van der Waals surface area contributed by atoms with Crippen LogP contribution in [0, 0.1) is 0 Å². The molecule has 0 atom stereocenters. The Morgan fingerprint density at radius 2 is 1.95 bits per heavy atom. The third-order valence-electron chi connectivity index (χ3n) is 4.25. The van der Waals surface area contributed by atoms with Gasteiger partial charge in [0, 0.05) is 25.5 Å². The zero-order valence-electron chi connectivity index (χ0n) is 12.6. The number of fused-ring (bicyclic) bond motifs is 1. The van der Waals surface area contributed by atoms with Gasteiger partial charge in [0.2, 0.25) is 5.91 Å². The fourth-order valence-electron chi connectivity index (χ4n) is 3.05. The maximum Gasteiger partial charge on any atom is 0.247 e. The number of nitrogens with zero attached hydrogens (tertiary/aromatic N) is 3. The number of benzene rings is 1. The van der Waals surface area contributed by atoms with Gasteiger partial charge < -0.3 is 15.5 Å².